The minimum atomic E-state index is -0.172. The zero-order valence-corrected chi connectivity index (χ0v) is 16.7. The highest BCUT2D eigenvalue weighted by atomic mass is 35.5. The first-order valence-corrected chi connectivity index (χ1v) is 8.97. The summed E-state index contributed by atoms with van der Waals surface area (Å²) in [6.45, 7) is 2.58. The Bertz CT molecular complexity index is 915. The van der Waals surface area contributed by atoms with Gasteiger partial charge in [-0.05, 0) is 31.2 Å². The number of anilines is 2. The third-order valence-electron chi connectivity index (χ3n) is 4.09. The van der Waals surface area contributed by atoms with E-state index in [0.717, 1.165) is 11.4 Å². The molecule has 0 atom stereocenters. The molecule has 0 aromatic heterocycles. The zero-order chi connectivity index (χ0) is 19.6. The van der Waals surface area contributed by atoms with Crippen molar-refractivity contribution in [3.8, 4) is 11.5 Å². The Morgan fingerprint density at radius 2 is 1.85 bits per heavy atom. The fourth-order valence-electron chi connectivity index (χ4n) is 2.90. The van der Waals surface area contributed by atoms with Crippen LogP contribution in [0.1, 0.15) is 6.92 Å². The van der Waals surface area contributed by atoms with E-state index in [0.29, 0.717) is 39.5 Å². The van der Waals surface area contributed by atoms with Gasteiger partial charge in [0.05, 0.1) is 48.7 Å². The molecule has 2 aromatic carbocycles. The van der Waals surface area contributed by atoms with Gasteiger partial charge in [0.1, 0.15) is 0 Å². The molecule has 0 fully saturated rings. The first-order valence-electron chi connectivity index (χ1n) is 8.21. The molecule has 0 spiro atoms. The number of hydrogen-bond donors (Lipinski definition) is 1. The number of aliphatic imine (C=N–C) groups is 1. The van der Waals surface area contributed by atoms with Crippen molar-refractivity contribution < 1.29 is 14.3 Å². The maximum absolute atomic E-state index is 12.6. The molecule has 8 heteroatoms. The molecule has 0 saturated heterocycles. The monoisotopic (exact) mass is 407 g/mol. The fourth-order valence-corrected chi connectivity index (χ4v) is 3.22. The molecule has 2 aromatic rings. The summed E-state index contributed by atoms with van der Waals surface area (Å²) in [5, 5.41) is 3.73. The van der Waals surface area contributed by atoms with Crippen LogP contribution in [-0.2, 0) is 4.79 Å². The van der Waals surface area contributed by atoms with Crippen LogP contribution in [0.2, 0.25) is 10.0 Å². The van der Waals surface area contributed by atoms with E-state index in [2.05, 4.69) is 10.3 Å². The Hall–Kier alpha value is -2.44. The molecule has 0 radical (unpaired) electrons. The standard InChI is InChI=1S/C19H19Cl2N3O3/c1-11-9-24(16-8-14(21)13(20)7-15(16)22-11)10-19(25)23-12-4-5-17(26-2)18(6-12)27-3/h4-8H,9-10H2,1-3H3,(H,23,25). The van der Waals surface area contributed by atoms with E-state index in [1.165, 1.54) is 0 Å². The van der Waals surface area contributed by atoms with Gasteiger partial charge in [-0.3, -0.25) is 9.79 Å². The fraction of sp³-hybridized carbons (Fsp3) is 0.263. The van der Waals surface area contributed by atoms with E-state index >= 15 is 0 Å². The molecule has 142 valence electrons. The molecule has 0 unspecified atom stereocenters. The second kappa shape index (κ2) is 8.06. The zero-order valence-electron chi connectivity index (χ0n) is 15.2. The van der Waals surface area contributed by atoms with E-state index in [1.54, 1.807) is 44.6 Å². The van der Waals surface area contributed by atoms with E-state index in [1.807, 2.05) is 11.8 Å². The Balaban J connectivity index is 1.77. The van der Waals surface area contributed by atoms with Crippen LogP contribution in [-0.4, -0.2) is 38.9 Å². The van der Waals surface area contributed by atoms with Crippen molar-refractivity contribution in [2.24, 2.45) is 4.99 Å². The van der Waals surface area contributed by atoms with Crippen molar-refractivity contribution in [2.75, 3.05) is 37.5 Å². The summed E-state index contributed by atoms with van der Waals surface area (Å²) in [4.78, 5) is 19.0. The van der Waals surface area contributed by atoms with E-state index in [-0.39, 0.29) is 12.5 Å². The van der Waals surface area contributed by atoms with Gasteiger partial charge < -0.3 is 19.7 Å². The van der Waals surface area contributed by atoms with Gasteiger partial charge in [0.25, 0.3) is 0 Å². The summed E-state index contributed by atoms with van der Waals surface area (Å²) in [6.07, 6.45) is 0. The van der Waals surface area contributed by atoms with Crippen molar-refractivity contribution in [2.45, 2.75) is 6.92 Å². The second-order valence-electron chi connectivity index (χ2n) is 6.08. The van der Waals surface area contributed by atoms with Crippen molar-refractivity contribution >= 4 is 51.9 Å². The van der Waals surface area contributed by atoms with Crippen LogP contribution in [0.5, 0.6) is 11.5 Å². The number of halogens is 2. The maximum Gasteiger partial charge on any atom is 0.243 e. The van der Waals surface area contributed by atoms with Crippen LogP contribution in [0, 0.1) is 0 Å². The van der Waals surface area contributed by atoms with Gasteiger partial charge in [-0.25, -0.2) is 0 Å². The largest absolute Gasteiger partial charge is 0.493 e. The Labute approximate surface area is 167 Å². The summed E-state index contributed by atoms with van der Waals surface area (Å²) in [5.74, 6) is 0.968. The molecular weight excluding hydrogens is 389 g/mol. The number of carbonyl (C=O) groups is 1. The number of carbonyl (C=O) groups excluding carboxylic acids is 1. The van der Waals surface area contributed by atoms with Crippen LogP contribution >= 0.6 is 23.2 Å². The normalized spacial score (nSPS) is 12.9. The molecule has 1 heterocycles. The predicted octanol–water partition coefficient (Wildman–Crippen LogP) is 4.56. The van der Waals surface area contributed by atoms with E-state index in [4.69, 9.17) is 32.7 Å². The van der Waals surface area contributed by atoms with Gasteiger partial charge in [-0.2, -0.15) is 0 Å². The third kappa shape index (κ3) is 4.28. The highest BCUT2D eigenvalue weighted by Crippen LogP contribution is 2.38. The number of benzene rings is 2. The average Bonchev–Trinajstić information content (AvgIpc) is 2.63. The molecule has 1 amide bonds. The predicted molar refractivity (Wildman–Crippen MR) is 110 cm³/mol. The lowest BCUT2D eigenvalue weighted by atomic mass is 10.2. The van der Waals surface area contributed by atoms with E-state index in [9.17, 15) is 4.79 Å². The Morgan fingerprint density at radius 3 is 2.56 bits per heavy atom. The molecule has 6 nitrogen and oxygen atoms in total. The average molecular weight is 408 g/mol. The van der Waals surface area contributed by atoms with Crippen LogP contribution in [0.4, 0.5) is 17.1 Å². The smallest absolute Gasteiger partial charge is 0.243 e. The number of hydrogen-bond acceptors (Lipinski definition) is 5. The van der Waals surface area contributed by atoms with Gasteiger partial charge >= 0.3 is 0 Å². The van der Waals surface area contributed by atoms with Gasteiger partial charge in [-0.15, -0.1) is 0 Å². The minimum Gasteiger partial charge on any atom is -0.493 e. The molecule has 0 saturated carbocycles. The van der Waals surface area contributed by atoms with Gasteiger partial charge in [-0.1, -0.05) is 23.2 Å². The second-order valence-corrected chi connectivity index (χ2v) is 6.89. The molecule has 1 aliphatic heterocycles. The highest BCUT2D eigenvalue weighted by molar-refractivity contribution is 6.42. The van der Waals surface area contributed by atoms with Gasteiger partial charge in [0.2, 0.25) is 5.91 Å². The maximum atomic E-state index is 12.6. The van der Waals surface area contributed by atoms with Crippen molar-refractivity contribution in [3.05, 3.63) is 40.4 Å². The number of amides is 1. The summed E-state index contributed by atoms with van der Waals surface area (Å²) in [5.41, 5.74) is 2.98. The molecule has 1 aliphatic rings. The van der Waals surface area contributed by atoms with Crippen molar-refractivity contribution in [1.82, 2.24) is 0 Å². The molecule has 1 N–H and O–H groups in total. The Kier molecular flexibility index (Phi) is 5.77. The SMILES string of the molecule is COc1ccc(NC(=O)CN2CC(C)=Nc3cc(Cl)c(Cl)cc32)cc1OC. The number of methoxy groups -OCH3 is 2. The summed E-state index contributed by atoms with van der Waals surface area (Å²) in [6, 6.07) is 8.65. The molecular formula is C19H19Cl2N3O3. The lowest BCUT2D eigenvalue weighted by molar-refractivity contribution is -0.114. The summed E-state index contributed by atoms with van der Waals surface area (Å²) in [7, 11) is 3.11. The highest BCUT2D eigenvalue weighted by Gasteiger charge is 2.21. The van der Waals surface area contributed by atoms with Gasteiger partial charge in [0.15, 0.2) is 11.5 Å². The quantitative estimate of drug-likeness (QED) is 0.788. The number of rotatable bonds is 5. The number of nitrogens with one attached hydrogen (secondary N) is 1. The van der Waals surface area contributed by atoms with Crippen LogP contribution in [0.15, 0.2) is 35.3 Å². The number of ether oxygens (including phenoxy) is 2. The lowest BCUT2D eigenvalue weighted by Gasteiger charge is -2.29. The first-order chi connectivity index (χ1) is 12.9. The summed E-state index contributed by atoms with van der Waals surface area (Å²) < 4.78 is 10.5. The van der Waals surface area contributed by atoms with E-state index < -0.39 is 0 Å². The first kappa shape index (κ1) is 19.3. The lowest BCUT2D eigenvalue weighted by Crippen LogP contribution is -2.38. The minimum absolute atomic E-state index is 0.145. The third-order valence-corrected chi connectivity index (χ3v) is 4.81. The van der Waals surface area contributed by atoms with Crippen molar-refractivity contribution in [3.63, 3.8) is 0 Å². The number of fused-ring (bicyclic) bond motifs is 1. The molecule has 27 heavy (non-hydrogen) atoms. The Morgan fingerprint density at radius 1 is 1.15 bits per heavy atom. The van der Waals surface area contributed by atoms with Crippen LogP contribution in [0.3, 0.4) is 0 Å². The van der Waals surface area contributed by atoms with Gasteiger partial charge in [0, 0.05) is 17.5 Å². The topological polar surface area (TPSA) is 63.2 Å². The molecule has 0 bridgehead atoms. The molecule has 3 rings (SSSR count). The van der Waals surface area contributed by atoms with Crippen LogP contribution < -0.4 is 19.7 Å². The molecule has 0 aliphatic carbocycles. The summed E-state index contributed by atoms with van der Waals surface area (Å²) >= 11 is 12.2. The van der Waals surface area contributed by atoms with Crippen molar-refractivity contribution in [1.29, 1.82) is 0 Å². The van der Waals surface area contributed by atoms with Crippen LogP contribution in [0.25, 0.3) is 0 Å². The number of nitrogens with zero attached hydrogens (tertiary/aromatic N) is 2.